The molecule has 1 saturated carbocycles. The second-order valence-electron chi connectivity index (χ2n) is 9.78. The molecule has 1 aliphatic carbocycles. The van der Waals surface area contributed by atoms with E-state index in [0.29, 0.717) is 30.6 Å². The van der Waals surface area contributed by atoms with Crippen molar-refractivity contribution in [2.45, 2.75) is 57.0 Å². The monoisotopic (exact) mass is 451 g/mol. The van der Waals surface area contributed by atoms with Crippen LogP contribution in [0.15, 0.2) is 85.3 Å². The largest absolute Gasteiger partial charge is 0.343 e. The van der Waals surface area contributed by atoms with Crippen molar-refractivity contribution in [3.05, 3.63) is 102 Å². The van der Waals surface area contributed by atoms with E-state index in [9.17, 15) is 4.79 Å². The third-order valence-electron chi connectivity index (χ3n) is 7.32. The predicted molar refractivity (Wildman–Crippen MR) is 138 cm³/mol. The molecule has 5 rings (SSSR count). The number of Topliss-reactive ketones (excluding diaryl/α,β-unsaturated/α-hetero) is 1. The molecule has 1 aliphatic rings. The average Bonchev–Trinajstić information content (AvgIpc) is 3.23. The van der Waals surface area contributed by atoms with Crippen LogP contribution < -0.4 is 5.73 Å². The molecule has 2 aromatic heterocycles. The Balaban J connectivity index is 1.47. The molecule has 0 radical (unpaired) electrons. The standard InChI is InChI=1S/C30H33N3O/c31-25-14-12-22(13-15-25)17-26(34)18-28(24-9-6-16-32-19-24)29-21-33(20-23-7-2-1-3-8-23)30-11-5-4-10-27(29)30/h1-11,16,19,21-22,25,28H,12-15,17-18,20,31H2. The normalized spacial score (nSPS) is 19.2. The second-order valence-corrected chi connectivity index (χ2v) is 9.78. The number of hydrogen-bond donors (Lipinski definition) is 1. The number of carbonyl (C=O) groups excluding carboxylic acids is 1. The first kappa shape index (κ1) is 22.5. The van der Waals surface area contributed by atoms with Crippen LogP contribution >= 0.6 is 0 Å². The van der Waals surface area contributed by atoms with Crippen LogP contribution in [0.5, 0.6) is 0 Å². The minimum absolute atomic E-state index is 0.00558. The van der Waals surface area contributed by atoms with Gasteiger partial charge < -0.3 is 10.3 Å². The zero-order valence-corrected chi connectivity index (χ0v) is 19.6. The molecule has 0 spiro atoms. The highest BCUT2D eigenvalue weighted by Crippen LogP contribution is 2.36. The van der Waals surface area contributed by atoms with E-state index in [-0.39, 0.29) is 5.92 Å². The Kier molecular flexibility index (Phi) is 6.87. The molecule has 2 heterocycles. The van der Waals surface area contributed by atoms with Gasteiger partial charge in [-0.25, -0.2) is 0 Å². The molecule has 4 nitrogen and oxygen atoms in total. The van der Waals surface area contributed by atoms with Crippen LogP contribution in [0.3, 0.4) is 0 Å². The number of fused-ring (bicyclic) bond motifs is 1. The van der Waals surface area contributed by atoms with Crippen LogP contribution in [0.2, 0.25) is 0 Å². The Hall–Kier alpha value is -3.24. The molecular formula is C30H33N3O. The fourth-order valence-corrected chi connectivity index (χ4v) is 5.48. The SMILES string of the molecule is NC1CCC(CC(=O)CC(c2cccnc2)c2cn(Cc3ccccc3)c3ccccc23)CC1. The van der Waals surface area contributed by atoms with Gasteiger partial charge in [0.15, 0.2) is 0 Å². The fraction of sp³-hybridized carbons (Fsp3) is 0.333. The first-order valence-electron chi connectivity index (χ1n) is 12.5. The van der Waals surface area contributed by atoms with Gasteiger partial charge in [-0.1, -0.05) is 54.6 Å². The molecule has 1 unspecified atom stereocenters. The minimum atomic E-state index is -0.00558. The third-order valence-corrected chi connectivity index (χ3v) is 7.32. The number of benzene rings is 2. The number of nitrogens with zero attached hydrogens (tertiary/aromatic N) is 2. The predicted octanol–water partition coefficient (Wildman–Crippen LogP) is 6.08. The topological polar surface area (TPSA) is 60.9 Å². The van der Waals surface area contributed by atoms with Gasteiger partial charge in [-0.05, 0) is 60.4 Å². The minimum Gasteiger partial charge on any atom is -0.343 e. The smallest absolute Gasteiger partial charge is 0.134 e. The van der Waals surface area contributed by atoms with Crippen molar-refractivity contribution in [2.24, 2.45) is 11.7 Å². The lowest BCUT2D eigenvalue weighted by Crippen LogP contribution is -2.27. The Morgan fingerprint density at radius 2 is 1.74 bits per heavy atom. The van der Waals surface area contributed by atoms with Crippen molar-refractivity contribution in [3.63, 3.8) is 0 Å². The molecule has 2 aromatic carbocycles. The summed E-state index contributed by atoms with van der Waals surface area (Å²) in [4.78, 5) is 17.7. The lowest BCUT2D eigenvalue weighted by Gasteiger charge is -2.26. The maximum absolute atomic E-state index is 13.3. The van der Waals surface area contributed by atoms with Crippen LogP contribution in [0.1, 0.15) is 61.1 Å². The van der Waals surface area contributed by atoms with E-state index in [4.69, 9.17) is 5.73 Å². The van der Waals surface area contributed by atoms with Crippen molar-refractivity contribution in [2.75, 3.05) is 0 Å². The summed E-state index contributed by atoms with van der Waals surface area (Å²) in [6, 6.07) is 23.5. The Morgan fingerprint density at radius 3 is 2.50 bits per heavy atom. The van der Waals surface area contributed by atoms with E-state index >= 15 is 0 Å². The summed E-state index contributed by atoms with van der Waals surface area (Å²) < 4.78 is 2.32. The number of nitrogens with two attached hydrogens (primary N) is 1. The number of aromatic nitrogens is 2. The summed E-state index contributed by atoms with van der Waals surface area (Å²) in [6.45, 7) is 0.803. The van der Waals surface area contributed by atoms with E-state index in [1.54, 1.807) is 6.20 Å². The summed E-state index contributed by atoms with van der Waals surface area (Å²) in [5, 5.41) is 1.21. The summed E-state index contributed by atoms with van der Waals surface area (Å²) in [7, 11) is 0. The highest BCUT2D eigenvalue weighted by atomic mass is 16.1. The van der Waals surface area contributed by atoms with Gasteiger partial charge in [-0.3, -0.25) is 9.78 Å². The van der Waals surface area contributed by atoms with Crippen molar-refractivity contribution in [3.8, 4) is 0 Å². The number of pyridine rings is 1. The van der Waals surface area contributed by atoms with Gasteiger partial charge in [0.05, 0.1) is 0 Å². The van der Waals surface area contributed by atoms with Crippen molar-refractivity contribution in [1.82, 2.24) is 9.55 Å². The van der Waals surface area contributed by atoms with Crippen molar-refractivity contribution >= 4 is 16.7 Å². The number of ketones is 1. The van der Waals surface area contributed by atoms with Gasteiger partial charge >= 0.3 is 0 Å². The summed E-state index contributed by atoms with van der Waals surface area (Å²) in [6.07, 6.45) is 11.4. The van der Waals surface area contributed by atoms with Gasteiger partial charge in [0.25, 0.3) is 0 Å². The molecule has 34 heavy (non-hydrogen) atoms. The Morgan fingerprint density at radius 1 is 0.971 bits per heavy atom. The van der Waals surface area contributed by atoms with Crippen LogP contribution in [0.25, 0.3) is 10.9 Å². The van der Waals surface area contributed by atoms with Crippen LogP contribution in [0.4, 0.5) is 0 Å². The number of para-hydroxylation sites is 1. The first-order valence-corrected chi connectivity index (χ1v) is 12.5. The average molecular weight is 452 g/mol. The van der Waals surface area contributed by atoms with E-state index in [0.717, 1.165) is 37.8 Å². The van der Waals surface area contributed by atoms with E-state index < -0.39 is 0 Å². The second kappa shape index (κ2) is 10.4. The maximum Gasteiger partial charge on any atom is 0.134 e. The van der Waals surface area contributed by atoms with Crippen LogP contribution in [-0.4, -0.2) is 21.4 Å². The molecule has 174 valence electrons. The van der Waals surface area contributed by atoms with Gasteiger partial charge in [-0.15, -0.1) is 0 Å². The van der Waals surface area contributed by atoms with Gasteiger partial charge in [-0.2, -0.15) is 0 Å². The van der Waals surface area contributed by atoms with Crippen molar-refractivity contribution < 1.29 is 4.79 Å². The molecule has 0 saturated heterocycles. The van der Waals surface area contributed by atoms with Gasteiger partial charge in [0.2, 0.25) is 0 Å². The lowest BCUT2D eigenvalue weighted by atomic mass is 9.81. The van der Waals surface area contributed by atoms with Crippen LogP contribution in [0, 0.1) is 5.92 Å². The summed E-state index contributed by atoms with van der Waals surface area (Å²) in [5.41, 5.74) is 10.8. The summed E-state index contributed by atoms with van der Waals surface area (Å²) in [5.74, 6) is 0.810. The molecular weight excluding hydrogens is 418 g/mol. The van der Waals surface area contributed by atoms with Gasteiger partial charge in [0.1, 0.15) is 5.78 Å². The van der Waals surface area contributed by atoms with Gasteiger partial charge in [0, 0.05) is 60.8 Å². The number of carbonyl (C=O) groups is 1. The highest BCUT2D eigenvalue weighted by molar-refractivity contribution is 5.87. The quantitative estimate of drug-likeness (QED) is 0.353. The molecule has 2 N–H and O–H groups in total. The molecule has 4 heteroatoms. The molecule has 1 fully saturated rings. The number of rotatable bonds is 8. The zero-order chi connectivity index (χ0) is 23.3. The molecule has 4 aromatic rings. The molecule has 0 amide bonds. The molecule has 0 aliphatic heterocycles. The fourth-order valence-electron chi connectivity index (χ4n) is 5.48. The first-order chi connectivity index (χ1) is 16.7. The Labute approximate surface area is 201 Å². The summed E-state index contributed by atoms with van der Waals surface area (Å²) >= 11 is 0. The molecule has 1 atom stereocenters. The van der Waals surface area contributed by atoms with E-state index in [1.807, 2.05) is 18.3 Å². The zero-order valence-electron chi connectivity index (χ0n) is 19.6. The van der Waals surface area contributed by atoms with Crippen LogP contribution in [-0.2, 0) is 11.3 Å². The molecule has 0 bridgehead atoms. The third kappa shape index (κ3) is 5.13. The number of hydrogen-bond acceptors (Lipinski definition) is 3. The maximum atomic E-state index is 13.3. The Bertz CT molecular complexity index is 1220. The van der Waals surface area contributed by atoms with E-state index in [2.05, 4.69) is 70.3 Å². The van der Waals surface area contributed by atoms with E-state index in [1.165, 1.54) is 22.0 Å². The highest BCUT2D eigenvalue weighted by Gasteiger charge is 2.26. The van der Waals surface area contributed by atoms with Crippen molar-refractivity contribution in [1.29, 1.82) is 0 Å². The lowest BCUT2D eigenvalue weighted by molar-refractivity contribution is -0.120.